The van der Waals surface area contributed by atoms with Crippen molar-refractivity contribution in [2.24, 2.45) is 0 Å². The number of pyridine rings is 1. The Hall–Kier alpha value is -8.80. The maximum Gasteiger partial charge on any atom is 0.164 e. The highest BCUT2D eigenvalue weighted by Crippen LogP contribution is 2.47. The molecular weight excluding hydrogens is 793 g/mol. The molecule has 0 aliphatic carbocycles. The summed E-state index contributed by atoms with van der Waals surface area (Å²) < 4.78 is 6.72. The van der Waals surface area contributed by atoms with Crippen LogP contribution < -0.4 is 0 Å². The minimum atomic E-state index is 0.581. The number of hydrogen-bond acceptors (Lipinski definition) is 5. The fraction of sp³-hybridized carbons (Fsp3) is 0. The average Bonchev–Trinajstić information content (AvgIpc) is 3.76. The minimum absolute atomic E-state index is 0.581. The summed E-state index contributed by atoms with van der Waals surface area (Å²) in [5.74, 6) is 1.80. The predicted octanol–water partition coefficient (Wildman–Crippen LogP) is 15.8. The molecule has 0 saturated heterocycles. The molecule has 0 saturated carbocycles. The Morgan fingerprint density at radius 1 is 0.277 bits per heavy atom. The number of nitrogens with zero attached hydrogens (tertiary/aromatic N) is 4. The second-order valence-corrected chi connectivity index (χ2v) is 16.6. The highest BCUT2D eigenvalue weighted by atomic mass is 16.3. The highest BCUT2D eigenvalue weighted by molar-refractivity contribution is 6.27. The Labute approximate surface area is 374 Å². The van der Waals surface area contributed by atoms with Crippen molar-refractivity contribution in [1.82, 2.24) is 19.9 Å². The van der Waals surface area contributed by atoms with Crippen LogP contribution in [0.1, 0.15) is 0 Å². The molecule has 0 bridgehead atoms. The Bertz CT molecular complexity index is 3910. The van der Waals surface area contributed by atoms with Crippen LogP contribution in [0, 0.1) is 0 Å². The topological polar surface area (TPSA) is 64.7 Å². The first kappa shape index (κ1) is 36.8. The molecule has 13 rings (SSSR count). The van der Waals surface area contributed by atoms with E-state index in [9.17, 15) is 0 Å². The van der Waals surface area contributed by atoms with E-state index in [2.05, 4.69) is 212 Å². The van der Waals surface area contributed by atoms with Gasteiger partial charge in [0.2, 0.25) is 0 Å². The van der Waals surface area contributed by atoms with Gasteiger partial charge in [0.25, 0.3) is 0 Å². The number of aromatic nitrogens is 4. The van der Waals surface area contributed by atoms with Gasteiger partial charge in [0.15, 0.2) is 17.5 Å². The van der Waals surface area contributed by atoms with Gasteiger partial charge in [-0.25, -0.2) is 19.9 Å². The zero-order valence-electron chi connectivity index (χ0n) is 35.0. The lowest BCUT2D eigenvalue weighted by Crippen LogP contribution is -2.00. The van der Waals surface area contributed by atoms with E-state index in [0.717, 1.165) is 110 Å². The zero-order chi connectivity index (χ0) is 42.8. The largest absolute Gasteiger partial charge is 0.456 e. The van der Waals surface area contributed by atoms with E-state index in [0.29, 0.717) is 17.5 Å². The van der Waals surface area contributed by atoms with Crippen LogP contribution in [0.3, 0.4) is 0 Å². The third kappa shape index (κ3) is 6.32. The zero-order valence-corrected chi connectivity index (χ0v) is 35.0. The third-order valence-electron chi connectivity index (χ3n) is 12.7. The molecule has 0 atom stereocenters. The summed E-state index contributed by atoms with van der Waals surface area (Å²) in [5, 5.41) is 9.94. The van der Waals surface area contributed by atoms with Crippen molar-refractivity contribution in [2.75, 3.05) is 0 Å². The van der Waals surface area contributed by atoms with Gasteiger partial charge < -0.3 is 4.42 Å². The van der Waals surface area contributed by atoms with Gasteiger partial charge in [-0.15, -0.1) is 0 Å². The molecule has 0 amide bonds. The van der Waals surface area contributed by atoms with Gasteiger partial charge in [0, 0.05) is 54.7 Å². The summed E-state index contributed by atoms with van der Waals surface area (Å²) >= 11 is 0. The molecule has 3 aromatic heterocycles. The first-order valence-corrected chi connectivity index (χ1v) is 21.9. The van der Waals surface area contributed by atoms with Crippen molar-refractivity contribution < 1.29 is 4.42 Å². The quantitative estimate of drug-likeness (QED) is 0.156. The molecule has 13 aromatic rings. The number of fused-ring (bicyclic) bond motifs is 8. The standard InChI is InChI=1S/C60H36N4O/c1-2-13-37(14-3-1)40-25-29-41(30-26-40)54-55-48-21-8-10-23-51(48)61-57(50(55)36-53-56(54)49-22-9-11-24-52(49)65-53)44-19-12-20-45(35-44)58-62-59(46-31-27-38-15-4-6-17-42(38)33-46)64-60(63-58)47-32-28-39-16-5-7-18-43(39)34-47/h1-36H. The van der Waals surface area contributed by atoms with E-state index in [4.69, 9.17) is 24.4 Å². The number of para-hydroxylation sites is 2. The van der Waals surface area contributed by atoms with Crippen molar-refractivity contribution in [3.63, 3.8) is 0 Å². The van der Waals surface area contributed by atoms with E-state index in [1.165, 1.54) is 5.56 Å². The van der Waals surface area contributed by atoms with Gasteiger partial charge in [0.1, 0.15) is 11.2 Å². The monoisotopic (exact) mass is 828 g/mol. The molecule has 0 radical (unpaired) electrons. The second kappa shape index (κ2) is 14.9. The van der Waals surface area contributed by atoms with Gasteiger partial charge in [-0.1, -0.05) is 182 Å². The first-order valence-electron chi connectivity index (χ1n) is 21.9. The SMILES string of the molecule is c1ccc(-c2ccc(-c3c4c(cc5c(-c6cccc(-c7nc(-c8ccc9ccccc9c8)nc(-c8ccc9ccccc9c8)n7)c6)nc6ccccc6c35)oc3ccccc34)cc2)cc1. The first-order chi connectivity index (χ1) is 32.2. The molecule has 3 heterocycles. The second-order valence-electron chi connectivity index (χ2n) is 16.6. The van der Waals surface area contributed by atoms with Crippen molar-refractivity contribution in [1.29, 1.82) is 0 Å². The molecule has 0 N–H and O–H groups in total. The van der Waals surface area contributed by atoms with Gasteiger partial charge >= 0.3 is 0 Å². The maximum absolute atomic E-state index is 6.72. The molecule has 0 unspecified atom stereocenters. The summed E-state index contributed by atoms with van der Waals surface area (Å²) in [7, 11) is 0. The number of hydrogen-bond donors (Lipinski definition) is 0. The van der Waals surface area contributed by atoms with E-state index in [-0.39, 0.29) is 0 Å². The molecule has 0 spiro atoms. The average molecular weight is 829 g/mol. The Balaban J connectivity index is 1.04. The fourth-order valence-electron chi connectivity index (χ4n) is 9.51. The van der Waals surface area contributed by atoms with Crippen molar-refractivity contribution in [2.45, 2.75) is 0 Å². The van der Waals surface area contributed by atoms with Crippen LogP contribution in [0.4, 0.5) is 0 Å². The Kier molecular flexibility index (Phi) is 8.46. The van der Waals surface area contributed by atoms with Gasteiger partial charge in [-0.05, 0) is 74.6 Å². The molecule has 65 heavy (non-hydrogen) atoms. The van der Waals surface area contributed by atoms with Crippen LogP contribution in [-0.2, 0) is 0 Å². The van der Waals surface area contributed by atoms with Gasteiger partial charge in [-0.2, -0.15) is 0 Å². The summed E-state index contributed by atoms with van der Waals surface area (Å²) in [4.78, 5) is 21.0. The smallest absolute Gasteiger partial charge is 0.164 e. The molecule has 5 heteroatoms. The van der Waals surface area contributed by atoms with Gasteiger partial charge in [-0.3, -0.25) is 0 Å². The van der Waals surface area contributed by atoms with Gasteiger partial charge in [0.05, 0.1) is 11.2 Å². The summed E-state index contributed by atoms with van der Waals surface area (Å²) in [5.41, 5.74) is 11.6. The molecular formula is C60H36N4O. The van der Waals surface area contributed by atoms with Crippen LogP contribution in [-0.4, -0.2) is 19.9 Å². The van der Waals surface area contributed by atoms with Crippen LogP contribution in [0.25, 0.3) is 133 Å². The molecule has 0 fully saturated rings. The lowest BCUT2D eigenvalue weighted by Gasteiger charge is -2.16. The van der Waals surface area contributed by atoms with Crippen molar-refractivity contribution >= 4 is 65.2 Å². The van der Waals surface area contributed by atoms with Crippen LogP contribution in [0.5, 0.6) is 0 Å². The van der Waals surface area contributed by atoms with E-state index in [1.54, 1.807) is 0 Å². The summed E-state index contributed by atoms with van der Waals surface area (Å²) in [6.07, 6.45) is 0. The Morgan fingerprint density at radius 2 is 0.785 bits per heavy atom. The molecule has 10 aromatic carbocycles. The number of furan rings is 1. The molecule has 0 aliphatic rings. The van der Waals surface area contributed by atoms with Crippen molar-refractivity contribution in [3.8, 4) is 67.7 Å². The Morgan fingerprint density at radius 3 is 1.48 bits per heavy atom. The minimum Gasteiger partial charge on any atom is -0.456 e. The van der Waals surface area contributed by atoms with Crippen LogP contribution in [0.15, 0.2) is 223 Å². The molecule has 302 valence electrons. The fourth-order valence-corrected chi connectivity index (χ4v) is 9.51. The molecule has 0 aliphatic heterocycles. The van der Waals surface area contributed by atoms with E-state index < -0.39 is 0 Å². The van der Waals surface area contributed by atoms with E-state index in [1.807, 2.05) is 6.07 Å². The number of rotatable bonds is 6. The highest BCUT2D eigenvalue weighted by Gasteiger charge is 2.22. The van der Waals surface area contributed by atoms with Crippen molar-refractivity contribution in [3.05, 3.63) is 218 Å². The summed E-state index contributed by atoms with van der Waals surface area (Å²) in [6.45, 7) is 0. The lowest BCUT2D eigenvalue weighted by molar-refractivity contribution is 0.669. The third-order valence-corrected chi connectivity index (χ3v) is 12.7. The van der Waals surface area contributed by atoms with Crippen LogP contribution >= 0.6 is 0 Å². The van der Waals surface area contributed by atoms with Crippen LogP contribution in [0.2, 0.25) is 0 Å². The van der Waals surface area contributed by atoms with E-state index >= 15 is 0 Å². The normalized spacial score (nSPS) is 11.7. The maximum atomic E-state index is 6.72. The molecule has 5 nitrogen and oxygen atoms in total. The predicted molar refractivity (Wildman–Crippen MR) is 268 cm³/mol. The number of benzene rings is 10. The summed E-state index contributed by atoms with van der Waals surface area (Å²) in [6, 6.07) is 76.4. The lowest BCUT2D eigenvalue weighted by atomic mass is 9.89.